The van der Waals surface area contributed by atoms with Gasteiger partial charge >= 0.3 is 5.69 Å². The zero-order chi connectivity index (χ0) is 12.1. The number of aliphatic hydroxyl groups is 1. The predicted molar refractivity (Wildman–Crippen MR) is 62.7 cm³/mol. The summed E-state index contributed by atoms with van der Waals surface area (Å²) in [4.78, 5) is 11.9. The van der Waals surface area contributed by atoms with Crippen molar-refractivity contribution in [1.82, 2.24) is 19.8 Å². The third kappa shape index (κ3) is 2.94. The first kappa shape index (κ1) is 12.3. The standard InChI is InChI=1S/C11H20N4O2/c16-9-4-2-1-3-8-14-11(17)15(13-12-14)10-6-5-7-10/h10,16H,1-9H2. The number of hydrogen-bond donors (Lipinski definition) is 1. The number of rotatable bonds is 7. The highest BCUT2D eigenvalue weighted by Gasteiger charge is 2.23. The summed E-state index contributed by atoms with van der Waals surface area (Å²) in [6.07, 6.45) is 7.06. The Bertz CT molecular complexity index is 394. The van der Waals surface area contributed by atoms with Crippen LogP contribution in [0.25, 0.3) is 0 Å². The zero-order valence-electron chi connectivity index (χ0n) is 10.1. The van der Waals surface area contributed by atoms with Crippen molar-refractivity contribution in [2.24, 2.45) is 0 Å². The molecule has 6 heteroatoms. The first-order valence-corrected chi connectivity index (χ1v) is 6.46. The van der Waals surface area contributed by atoms with Gasteiger partial charge in [0.1, 0.15) is 0 Å². The smallest absolute Gasteiger partial charge is 0.363 e. The Balaban J connectivity index is 1.80. The van der Waals surface area contributed by atoms with E-state index in [1.54, 1.807) is 0 Å². The second-order valence-electron chi connectivity index (χ2n) is 4.65. The largest absolute Gasteiger partial charge is 0.396 e. The van der Waals surface area contributed by atoms with E-state index < -0.39 is 0 Å². The summed E-state index contributed by atoms with van der Waals surface area (Å²) in [7, 11) is 0. The summed E-state index contributed by atoms with van der Waals surface area (Å²) in [5.41, 5.74) is -0.0724. The van der Waals surface area contributed by atoms with Gasteiger partial charge < -0.3 is 5.11 Å². The Morgan fingerprint density at radius 1 is 1.18 bits per heavy atom. The maximum Gasteiger partial charge on any atom is 0.363 e. The molecule has 0 aromatic carbocycles. The molecule has 0 atom stereocenters. The number of aryl methyl sites for hydroxylation is 1. The Morgan fingerprint density at radius 3 is 2.59 bits per heavy atom. The van der Waals surface area contributed by atoms with Gasteiger partial charge in [0, 0.05) is 13.2 Å². The van der Waals surface area contributed by atoms with Crippen LogP contribution in [0.5, 0.6) is 0 Å². The fourth-order valence-corrected chi connectivity index (χ4v) is 2.01. The van der Waals surface area contributed by atoms with Gasteiger partial charge in [-0.25, -0.2) is 4.79 Å². The molecule has 1 N–H and O–H groups in total. The Hall–Kier alpha value is -1.17. The van der Waals surface area contributed by atoms with Crippen LogP contribution in [0, 0.1) is 0 Å². The van der Waals surface area contributed by atoms with Gasteiger partial charge in [0.25, 0.3) is 0 Å². The van der Waals surface area contributed by atoms with Crippen LogP contribution in [0.3, 0.4) is 0 Å². The Morgan fingerprint density at radius 2 is 1.94 bits per heavy atom. The molecule has 96 valence electrons. The van der Waals surface area contributed by atoms with Crippen molar-refractivity contribution >= 4 is 0 Å². The molecule has 0 radical (unpaired) electrons. The Labute approximate surface area is 100 Å². The van der Waals surface area contributed by atoms with Gasteiger partial charge in [-0.2, -0.15) is 9.36 Å². The van der Waals surface area contributed by atoms with E-state index in [2.05, 4.69) is 10.4 Å². The van der Waals surface area contributed by atoms with Gasteiger partial charge in [-0.1, -0.05) is 12.8 Å². The van der Waals surface area contributed by atoms with Crippen LogP contribution in [0.4, 0.5) is 0 Å². The van der Waals surface area contributed by atoms with Crippen LogP contribution in [0.1, 0.15) is 51.0 Å². The van der Waals surface area contributed by atoms with Crippen LogP contribution in [0.2, 0.25) is 0 Å². The first-order chi connectivity index (χ1) is 8.33. The highest BCUT2D eigenvalue weighted by molar-refractivity contribution is 4.76. The normalized spacial score (nSPS) is 16.1. The van der Waals surface area contributed by atoms with Crippen molar-refractivity contribution in [3.05, 3.63) is 10.5 Å². The lowest BCUT2D eigenvalue weighted by atomic mass is 9.93. The predicted octanol–water partition coefficient (Wildman–Crippen LogP) is 0.717. The minimum atomic E-state index is -0.0724. The highest BCUT2D eigenvalue weighted by atomic mass is 16.2. The van der Waals surface area contributed by atoms with Crippen LogP contribution in [-0.2, 0) is 6.54 Å². The van der Waals surface area contributed by atoms with Gasteiger partial charge in [0.15, 0.2) is 0 Å². The first-order valence-electron chi connectivity index (χ1n) is 6.46. The summed E-state index contributed by atoms with van der Waals surface area (Å²) >= 11 is 0. The number of hydrogen-bond acceptors (Lipinski definition) is 4. The molecule has 17 heavy (non-hydrogen) atoms. The van der Waals surface area contributed by atoms with Crippen molar-refractivity contribution in [3.8, 4) is 0 Å². The highest BCUT2D eigenvalue weighted by Crippen LogP contribution is 2.28. The van der Waals surface area contributed by atoms with Gasteiger partial charge in [0.2, 0.25) is 0 Å². The molecule has 0 saturated heterocycles. The Kier molecular flexibility index (Phi) is 4.30. The van der Waals surface area contributed by atoms with E-state index in [0.717, 1.165) is 38.5 Å². The van der Waals surface area contributed by atoms with E-state index in [4.69, 9.17) is 5.11 Å². The SMILES string of the molecule is O=c1n(CCCCCCO)nnn1C1CCC1. The molecule has 1 aromatic rings. The van der Waals surface area contributed by atoms with Gasteiger partial charge in [0.05, 0.1) is 6.04 Å². The third-order valence-electron chi connectivity index (χ3n) is 3.36. The average Bonchev–Trinajstić information content (AvgIpc) is 2.59. The molecule has 1 aliphatic carbocycles. The molecule has 1 aliphatic rings. The third-order valence-corrected chi connectivity index (χ3v) is 3.36. The molecule has 0 unspecified atom stereocenters. The average molecular weight is 240 g/mol. The van der Waals surface area contributed by atoms with Gasteiger partial charge in [-0.3, -0.25) is 0 Å². The molecule has 1 saturated carbocycles. The fourth-order valence-electron chi connectivity index (χ4n) is 2.01. The van der Waals surface area contributed by atoms with E-state index >= 15 is 0 Å². The van der Waals surface area contributed by atoms with E-state index in [1.807, 2.05) is 0 Å². The molecule has 1 aromatic heterocycles. The topological polar surface area (TPSA) is 72.9 Å². The minimum Gasteiger partial charge on any atom is -0.396 e. The quantitative estimate of drug-likeness (QED) is 0.713. The molecular weight excluding hydrogens is 220 g/mol. The summed E-state index contributed by atoms with van der Waals surface area (Å²) < 4.78 is 2.98. The van der Waals surface area contributed by atoms with Crippen molar-refractivity contribution in [3.63, 3.8) is 0 Å². The van der Waals surface area contributed by atoms with E-state index in [-0.39, 0.29) is 18.3 Å². The molecule has 1 heterocycles. The lowest BCUT2D eigenvalue weighted by Crippen LogP contribution is -2.31. The van der Waals surface area contributed by atoms with Crippen LogP contribution in [0.15, 0.2) is 4.79 Å². The monoisotopic (exact) mass is 240 g/mol. The molecule has 0 amide bonds. The maximum absolute atomic E-state index is 11.9. The van der Waals surface area contributed by atoms with Crippen LogP contribution >= 0.6 is 0 Å². The van der Waals surface area contributed by atoms with Crippen LogP contribution < -0.4 is 5.69 Å². The van der Waals surface area contributed by atoms with Gasteiger partial charge in [-0.15, -0.1) is 0 Å². The maximum atomic E-state index is 11.9. The molecule has 0 aliphatic heterocycles. The summed E-state index contributed by atoms with van der Waals surface area (Å²) in [6.45, 7) is 0.884. The van der Waals surface area contributed by atoms with Gasteiger partial charge in [-0.05, 0) is 42.5 Å². The second-order valence-corrected chi connectivity index (χ2v) is 4.65. The number of aliphatic hydroxyl groups excluding tert-OH is 1. The van der Waals surface area contributed by atoms with E-state index in [1.165, 1.54) is 15.8 Å². The van der Waals surface area contributed by atoms with Crippen molar-refractivity contribution in [1.29, 1.82) is 0 Å². The zero-order valence-corrected chi connectivity index (χ0v) is 10.1. The molecule has 6 nitrogen and oxygen atoms in total. The summed E-state index contributed by atoms with van der Waals surface area (Å²) in [5, 5.41) is 16.5. The van der Waals surface area contributed by atoms with E-state index in [9.17, 15) is 4.79 Å². The lowest BCUT2D eigenvalue weighted by Gasteiger charge is -2.23. The lowest BCUT2D eigenvalue weighted by molar-refractivity contribution is 0.277. The van der Waals surface area contributed by atoms with E-state index in [0.29, 0.717) is 6.54 Å². The second kappa shape index (κ2) is 5.95. The van der Waals surface area contributed by atoms with Crippen molar-refractivity contribution in [2.75, 3.05) is 6.61 Å². The van der Waals surface area contributed by atoms with Crippen molar-refractivity contribution in [2.45, 2.75) is 57.5 Å². The fraction of sp³-hybridized carbons (Fsp3) is 0.909. The molecule has 0 spiro atoms. The van der Waals surface area contributed by atoms with Crippen molar-refractivity contribution < 1.29 is 5.11 Å². The number of nitrogens with zero attached hydrogens (tertiary/aromatic N) is 4. The number of unbranched alkanes of at least 4 members (excludes halogenated alkanes) is 3. The molecule has 2 rings (SSSR count). The molecular formula is C11H20N4O2. The van der Waals surface area contributed by atoms with Crippen LogP contribution in [-0.4, -0.2) is 31.5 Å². The number of aromatic nitrogens is 4. The summed E-state index contributed by atoms with van der Waals surface area (Å²) in [6, 6.07) is 0.283. The number of tetrazole rings is 1. The molecule has 0 bridgehead atoms. The minimum absolute atomic E-state index is 0.0724. The summed E-state index contributed by atoms with van der Waals surface area (Å²) in [5.74, 6) is 0. The molecule has 1 fully saturated rings.